The van der Waals surface area contributed by atoms with Crippen LogP contribution in [0.4, 0.5) is 13.2 Å². The molecule has 120 valence electrons. The van der Waals surface area contributed by atoms with Gasteiger partial charge in [-0.2, -0.15) is 18.3 Å². The zero-order chi connectivity index (χ0) is 15.6. The Morgan fingerprint density at radius 3 is 2.48 bits per heavy atom. The number of rotatable bonds is 4. The number of nitrogens with zero attached hydrogens (tertiary/aromatic N) is 2. The fourth-order valence-corrected chi connectivity index (χ4v) is 3.07. The van der Waals surface area contributed by atoms with E-state index in [-0.39, 0.29) is 18.8 Å². The molecule has 0 saturated heterocycles. The average Bonchev–Trinajstić information content (AvgIpc) is 2.88. The van der Waals surface area contributed by atoms with Gasteiger partial charge in [-0.3, -0.25) is 4.68 Å². The third-order valence-electron chi connectivity index (χ3n) is 4.33. The van der Waals surface area contributed by atoms with Gasteiger partial charge in [0.15, 0.2) is 5.75 Å². The summed E-state index contributed by atoms with van der Waals surface area (Å²) in [6.07, 6.45) is -2.55. The summed E-state index contributed by atoms with van der Waals surface area (Å²) in [5.74, 6) is -0.930. The molecular weight excluding hydrogens is 285 g/mol. The van der Waals surface area contributed by atoms with E-state index in [0.29, 0.717) is 30.8 Å². The molecule has 1 atom stereocenters. The van der Waals surface area contributed by atoms with E-state index in [4.69, 9.17) is 4.74 Å². The first-order valence-corrected chi connectivity index (χ1v) is 7.23. The van der Waals surface area contributed by atoms with Gasteiger partial charge in [0.1, 0.15) is 11.8 Å². The molecule has 0 spiro atoms. The van der Waals surface area contributed by atoms with Crippen molar-refractivity contribution in [2.24, 2.45) is 11.8 Å². The van der Waals surface area contributed by atoms with Gasteiger partial charge in [0.25, 0.3) is 0 Å². The Hall–Kier alpha value is -1.24. The first kappa shape index (κ1) is 16.1. The largest absolute Gasteiger partial charge is 0.493 e. The molecule has 2 rings (SSSR count). The summed E-state index contributed by atoms with van der Waals surface area (Å²) < 4.78 is 44.9. The summed E-state index contributed by atoms with van der Waals surface area (Å²) in [4.78, 5) is 0. The van der Waals surface area contributed by atoms with Crippen LogP contribution in [0, 0.1) is 11.8 Å². The first-order valence-electron chi connectivity index (χ1n) is 7.23. The van der Waals surface area contributed by atoms with Crippen molar-refractivity contribution in [3.63, 3.8) is 0 Å². The maximum Gasteiger partial charge on any atom is 0.391 e. The fourth-order valence-electron chi connectivity index (χ4n) is 3.07. The highest BCUT2D eigenvalue weighted by Crippen LogP contribution is 2.44. The van der Waals surface area contributed by atoms with Crippen LogP contribution in [-0.4, -0.2) is 28.2 Å². The van der Waals surface area contributed by atoms with E-state index < -0.39 is 18.2 Å². The predicted molar refractivity (Wildman–Crippen MR) is 70.9 cm³/mol. The summed E-state index contributed by atoms with van der Waals surface area (Å²) in [6, 6.07) is 0. The standard InChI is InChI=1S/C14H21F3N2O2/c1-3-19-12(11(21-2)8-18-19)13(20)9-4-6-10(7-5-9)14(15,16)17/h8-10,13,20H,3-7H2,1-2H3. The Kier molecular flexibility index (Phi) is 4.81. The van der Waals surface area contributed by atoms with Crippen LogP contribution in [0.2, 0.25) is 0 Å². The number of ether oxygens (including phenoxy) is 1. The maximum absolute atomic E-state index is 12.7. The van der Waals surface area contributed by atoms with Gasteiger partial charge in [-0.25, -0.2) is 0 Å². The Labute approximate surface area is 121 Å². The van der Waals surface area contributed by atoms with Crippen molar-refractivity contribution in [2.75, 3.05) is 7.11 Å². The molecule has 7 heteroatoms. The van der Waals surface area contributed by atoms with Crippen LogP contribution in [0.15, 0.2) is 6.20 Å². The highest BCUT2D eigenvalue weighted by atomic mass is 19.4. The summed E-state index contributed by atoms with van der Waals surface area (Å²) in [5, 5.41) is 14.7. The zero-order valence-corrected chi connectivity index (χ0v) is 12.2. The number of hydrogen-bond donors (Lipinski definition) is 1. The third-order valence-corrected chi connectivity index (χ3v) is 4.33. The number of aliphatic hydroxyl groups is 1. The SMILES string of the molecule is CCn1ncc(OC)c1C(O)C1CCC(C(F)(F)F)CC1. The van der Waals surface area contributed by atoms with Gasteiger partial charge in [0.05, 0.1) is 19.2 Å². The van der Waals surface area contributed by atoms with Gasteiger partial charge in [-0.05, 0) is 38.5 Å². The van der Waals surface area contributed by atoms with Crippen molar-refractivity contribution < 1.29 is 23.0 Å². The van der Waals surface area contributed by atoms with E-state index >= 15 is 0 Å². The highest BCUT2D eigenvalue weighted by Gasteiger charge is 2.43. The molecular formula is C14H21F3N2O2. The second-order valence-electron chi connectivity index (χ2n) is 5.51. The molecule has 1 unspecified atom stereocenters. The van der Waals surface area contributed by atoms with Gasteiger partial charge in [-0.1, -0.05) is 0 Å². The van der Waals surface area contributed by atoms with Gasteiger partial charge in [0.2, 0.25) is 0 Å². The number of aryl methyl sites for hydroxylation is 1. The molecule has 21 heavy (non-hydrogen) atoms. The van der Waals surface area contributed by atoms with E-state index in [1.165, 1.54) is 13.3 Å². The van der Waals surface area contributed by atoms with Crippen LogP contribution < -0.4 is 4.74 Å². The Morgan fingerprint density at radius 1 is 1.38 bits per heavy atom. The van der Waals surface area contributed by atoms with Gasteiger partial charge < -0.3 is 9.84 Å². The van der Waals surface area contributed by atoms with Gasteiger partial charge in [0, 0.05) is 6.54 Å². The van der Waals surface area contributed by atoms with Crippen molar-refractivity contribution in [3.05, 3.63) is 11.9 Å². The quantitative estimate of drug-likeness (QED) is 0.928. The topological polar surface area (TPSA) is 47.3 Å². The van der Waals surface area contributed by atoms with Crippen LogP contribution in [0.5, 0.6) is 5.75 Å². The minimum absolute atomic E-state index is 0.0772. The molecule has 1 aliphatic carbocycles. The minimum atomic E-state index is -4.13. The maximum atomic E-state index is 12.7. The molecule has 1 fully saturated rings. The van der Waals surface area contributed by atoms with Crippen LogP contribution in [0.1, 0.15) is 44.4 Å². The molecule has 0 aromatic carbocycles. The zero-order valence-electron chi connectivity index (χ0n) is 12.2. The summed E-state index contributed by atoms with van der Waals surface area (Å²) >= 11 is 0. The van der Waals surface area contributed by atoms with Crippen molar-refractivity contribution in [2.45, 2.75) is 51.4 Å². The van der Waals surface area contributed by atoms with Crippen molar-refractivity contribution >= 4 is 0 Å². The number of halogens is 3. The number of aromatic nitrogens is 2. The average molecular weight is 306 g/mol. The lowest BCUT2D eigenvalue weighted by atomic mass is 9.78. The minimum Gasteiger partial charge on any atom is -0.493 e. The van der Waals surface area contributed by atoms with E-state index in [1.54, 1.807) is 4.68 Å². The highest BCUT2D eigenvalue weighted by molar-refractivity contribution is 5.27. The Balaban J connectivity index is 2.08. The van der Waals surface area contributed by atoms with Crippen LogP contribution in [0.25, 0.3) is 0 Å². The molecule has 1 saturated carbocycles. The van der Waals surface area contributed by atoms with E-state index in [0.717, 1.165) is 0 Å². The van der Waals surface area contributed by atoms with Crippen LogP contribution in [0.3, 0.4) is 0 Å². The Bertz CT molecular complexity index is 444. The first-order chi connectivity index (χ1) is 9.88. The number of alkyl halides is 3. The summed E-state index contributed by atoms with van der Waals surface area (Å²) in [7, 11) is 1.49. The smallest absolute Gasteiger partial charge is 0.391 e. The normalized spacial score (nSPS) is 24.9. The lowest BCUT2D eigenvalue weighted by molar-refractivity contribution is -0.186. The molecule has 1 aromatic rings. The molecule has 0 amide bonds. The summed E-state index contributed by atoms with van der Waals surface area (Å²) in [6.45, 7) is 2.47. The number of aliphatic hydroxyl groups excluding tert-OH is 1. The fraction of sp³-hybridized carbons (Fsp3) is 0.786. The Morgan fingerprint density at radius 2 is 2.00 bits per heavy atom. The molecule has 4 nitrogen and oxygen atoms in total. The number of hydrogen-bond acceptors (Lipinski definition) is 3. The van der Waals surface area contributed by atoms with Crippen LogP contribution >= 0.6 is 0 Å². The molecule has 1 heterocycles. The number of methoxy groups -OCH3 is 1. The van der Waals surface area contributed by atoms with E-state index in [1.807, 2.05) is 6.92 Å². The molecule has 0 aliphatic heterocycles. The van der Waals surface area contributed by atoms with E-state index in [2.05, 4.69) is 5.10 Å². The molecule has 1 N–H and O–H groups in total. The molecule has 0 radical (unpaired) electrons. The lowest BCUT2D eigenvalue weighted by Gasteiger charge is -2.32. The molecule has 1 aliphatic rings. The van der Waals surface area contributed by atoms with Gasteiger partial charge >= 0.3 is 6.18 Å². The second kappa shape index (κ2) is 6.25. The molecule has 1 aromatic heterocycles. The molecule has 0 bridgehead atoms. The van der Waals surface area contributed by atoms with Crippen molar-refractivity contribution in [3.8, 4) is 5.75 Å². The lowest BCUT2D eigenvalue weighted by Crippen LogP contribution is -2.30. The van der Waals surface area contributed by atoms with Crippen molar-refractivity contribution in [1.29, 1.82) is 0 Å². The third kappa shape index (κ3) is 3.33. The summed E-state index contributed by atoms with van der Waals surface area (Å²) in [5.41, 5.74) is 0.565. The van der Waals surface area contributed by atoms with Crippen molar-refractivity contribution in [1.82, 2.24) is 9.78 Å². The predicted octanol–water partition coefficient (Wildman–Crippen LogP) is 3.31. The van der Waals surface area contributed by atoms with E-state index in [9.17, 15) is 18.3 Å². The van der Waals surface area contributed by atoms with Crippen LogP contribution in [-0.2, 0) is 6.54 Å². The second-order valence-corrected chi connectivity index (χ2v) is 5.51. The van der Waals surface area contributed by atoms with Gasteiger partial charge in [-0.15, -0.1) is 0 Å². The monoisotopic (exact) mass is 306 g/mol.